The molecule has 0 aliphatic heterocycles. The van der Waals surface area contributed by atoms with Gasteiger partial charge in [0.25, 0.3) is 0 Å². The van der Waals surface area contributed by atoms with Gasteiger partial charge in [-0.15, -0.1) is 0 Å². The molecule has 0 aliphatic rings. The first-order valence-corrected chi connectivity index (χ1v) is 20.4. The van der Waals surface area contributed by atoms with Crippen LogP contribution in [0.25, 0.3) is 88.4 Å². The molecule has 0 spiro atoms. The van der Waals surface area contributed by atoms with E-state index in [4.69, 9.17) is 0 Å². The molecule has 0 N–H and O–H groups in total. The van der Waals surface area contributed by atoms with Crippen LogP contribution < -0.4 is 0 Å². The summed E-state index contributed by atoms with van der Waals surface area (Å²) in [7, 11) is 0. The third-order valence-corrected chi connectivity index (χ3v) is 12.0. The first kappa shape index (κ1) is 43.8. The Morgan fingerprint density at radius 3 is 1.31 bits per heavy atom. The zero-order valence-electron chi connectivity index (χ0n) is 34.3. The number of hydrogen-bond acceptors (Lipinski definition) is 2. The van der Waals surface area contributed by atoms with E-state index >= 15 is 0 Å². The van der Waals surface area contributed by atoms with E-state index in [1.165, 1.54) is 30.5 Å². The standard InChI is InChI=1S/C52H26F12N4/c53-49(54,55)32-13-17-34(41(23-32)51(59,60)61)28-11-15-38-36-7-1-3-9-43(36)67(46(38)20-28)45-25-40(30-6-5-19-66-27-30)48(22-31(45)26-65)68-44-10-4-2-8-37(44)39-16-12-29(21-47(39)68)35-18-14-33(50(56,57)58)24-42(35)52(62,63)64/h1-25,27H. The second kappa shape index (κ2) is 15.5. The summed E-state index contributed by atoms with van der Waals surface area (Å²) >= 11 is 0. The highest BCUT2D eigenvalue weighted by atomic mass is 19.4. The number of fused-ring (bicyclic) bond motifs is 6. The number of nitrogens with zero attached hydrogens (tertiary/aromatic N) is 4. The largest absolute Gasteiger partial charge is 0.417 e. The van der Waals surface area contributed by atoms with Crippen molar-refractivity contribution in [1.29, 1.82) is 5.26 Å². The van der Waals surface area contributed by atoms with Crippen LogP contribution in [0, 0.1) is 11.3 Å². The van der Waals surface area contributed by atoms with Crippen molar-refractivity contribution < 1.29 is 52.7 Å². The smallest absolute Gasteiger partial charge is 0.309 e. The quantitative estimate of drug-likeness (QED) is 0.161. The second-order valence-corrected chi connectivity index (χ2v) is 15.9. The Morgan fingerprint density at radius 1 is 0.397 bits per heavy atom. The molecule has 68 heavy (non-hydrogen) atoms. The number of aromatic nitrogens is 3. The molecule has 3 heterocycles. The van der Waals surface area contributed by atoms with Crippen molar-refractivity contribution in [3.63, 3.8) is 0 Å². The monoisotopic (exact) mass is 934 g/mol. The molecule has 16 heteroatoms. The van der Waals surface area contributed by atoms with E-state index in [1.54, 1.807) is 100 Å². The highest BCUT2D eigenvalue weighted by Gasteiger charge is 2.40. The van der Waals surface area contributed by atoms with E-state index in [-0.39, 0.29) is 34.5 Å². The Morgan fingerprint density at radius 2 is 0.868 bits per heavy atom. The molecule has 7 aromatic carbocycles. The van der Waals surface area contributed by atoms with E-state index in [9.17, 15) is 57.9 Å². The molecule has 10 rings (SSSR count). The van der Waals surface area contributed by atoms with Crippen LogP contribution in [0.5, 0.6) is 0 Å². The summed E-state index contributed by atoms with van der Waals surface area (Å²) in [5.74, 6) is 0. The Labute approximate surface area is 376 Å². The van der Waals surface area contributed by atoms with Crippen molar-refractivity contribution in [2.24, 2.45) is 0 Å². The van der Waals surface area contributed by atoms with Crippen molar-refractivity contribution >= 4 is 43.6 Å². The Bertz CT molecular complexity index is 3700. The van der Waals surface area contributed by atoms with Gasteiger partial charge in [-0.2, -0.15) is 57.9 Å². The second-order valence-electron chi connectivity index (χ2n) is 15.9. The predicted octanol–water partition coefficient (Wildman–Crippen LogP) is 16.2. The summed E-state index contributed by atoms with van der Waals surface area (Å²) in [6.45, 7) is 0. The fourth-order valence-corrected chi connectivity index (χ4v) is 9.00. The fraction of sp³-hybridized carbons (Fsp3) is 0.0769. The molecule has 0 amide bonds. The van der Waals surface area contributed by atoms with Gasteiger partial charge in [-0.05, 0) is 89.0 Å². The van der Waals surface area contributed by atoms with Gasteiger partial charge in [0, 0.05) is 45.1 Å². The maximum atomic E-state index is 14.5. The number of benzene rings is 7. The topological polar surface area (TPSA) is 46.5 Å². The van der Waals surface area contributed by atoms with Gasteiger partial charge in [-0.25, -0.2) is 0 Å². The van der Waals surface area contributed by atoms with Gasteiger partial charge in [0.05, 0.1) is 61.3 Å². The van der Waals surface area contributed by atoms with E-state index in [1.807, 2.05) is 0 Å². The number of alkyl halides is 12. The molecule has 0 saturated heterocycles. The molecule has 0 aliphatic carbocycles. The lowest BCUT2D eigenvalue weighted by atomic mass is 9.95. The molecular weight excluding hydrogens is 909 g/mol. The van der Waals surface area contributed by atoms with Gasteiger partial charge in [0.1, 0.15) is 6.07 Å². The summed E-state index contributed by atoms with van der Waals surface area (Å²) in [4.78, 5) is 4.32. The SMILES string of the molecule is N#Cc1cc(-n2c3ccccc3c3ccc(-c4ccc(C(F)(F)F)cc4C(F)(F)F)cc32)c(-c2cccnc2)cc1-n1c2ccccc2c2ccc(-c3ccc(C(F)(F)F)cc3C(F)(F)F)cc21. The van der Waals surface area contributed by atoms with E-state index in [0.717, 1.165) is 12.1 Å². The van der Waals surface area contributed by atoms with Gasteiger partial charge < -0.3 is 9.13 Å². The van der Waals surface area contributed by atoms with E-state index in [0.29, 0.717) is 72.6 Å². The van der Waals surface area contributed by atoms with Crippen LogP contribution in [0.3, 0.4) is 0 Å². The number of hydrogen-bond donors (Lipinski definition) is 0. The van der Waals surface area contributed by atoms with Crippen LogP contribution in [0.2, 0.25) is 0 Å². The third kappa shape index (κ3) is 7.34. The van der Waals surface area contributed by atoms with Crippen LogP contribution in [0.15, 0.2) is 158 Å². The molecule has 0 radical (unpaired) electrons. The maximum absolute atomic E-state index is 14.5. The van der Waals surface area contributed by atoms with Gasteiger partial charge in [-0.3, -0.25) is 4.98 Å². The Hall–Kier alpha value is -8.06. The summed E-state index contributed by atoms with van der Waals surface area (Å²) in [5.41, 5.74) is -3.86. The summed E-state index contributed by atoms with van der Waals surface area (Å²) in [6, 6.07) is 34.4. The zero-order valence-corrected chi connectivity index (χ0v) is 34.3. The van der Waals surface area contributed by atoms with Gasteiger partial charge in [0.15, 0.2) is 0 Å². The molecule has 3 aromatic heterocycles. The molecule has 0 fully saturated rings. The molecule has 0 bridgehead atoms. The van der Waals surface area contributed by atoms with Crippen LogP contribution in [0.4, 0.5) is 52.7 Å². The average molecular weight is 935 g/mol. The van der Waals surface area contributed by atoms with Crippen LogP contribution in [-0.2, 0) is 24.7 Å². The lowest BCUT2D eigenvalue weighted by molar-refractivity contribution is -0.144. The van der Waals surface area contributed by atoms with Gasteiger partial charge in [0.2, 0.25) is 0 Å². The maximum Gasteiger partial charge on any atom is 0.417 e. The van der Waals surface area contributed by atoms with Gasteiger partial charge >= 0.3 is 24.7 Å². The lowest BCUT2D eigenvalue weighted by Crippen LogP contribution is -2.12. The highest BCUT2D eigenvalue weighted by Crippen LogP contribution is 2.46. The number of halogens is 12. The summed E-state index contributed by atoms with van der Waals surface area (Å²) in [5, 5.41) is 13.4. The first-order valence-electron chi connectivity index (χ1n) is 20.4. The van der Waals surface area contributed by atoms with Crippen molar-refractivity contribution in [2.45, 2.75) is 24.7 Å². The minimum absolute atomic E-state index is 0.0235. The molecular formula is C52H26F12N4. The predicted molar refractivity (Wildman–Crippen MR) is 234 cm³/mol. The number of para-hydroxylation sites is 2. The summed E-state index contributed by atoms with van der Waals surface area (Å²) < 4.78 is 173. The average Bonchev–Trinajstić information content (AvgIpc) is 3.81. The van der Waals surface area contributed by atoms with Gasteiger partial charge in [-0.1, -0.05) is 78.9 Å². The molecule has 0 saturated carbocycles. The molecule has 0 atom stereocenters. The minimum atomic E-state index is -5.17. The van der Waals surface area contributed by atoms with Crippen molar-refractivity contribution in [1.82, 2.24) is 14.1 Å². The zero-order chi connectivity index (χ0) is 48.1. The molecule has 10 aromatic rings. The van der Waals surface area contributed by atoms with Crippen LogP contribution in [-0.4, -0.2) is 14.1 Å². The fourth-order valence-electron chi connectivity index (χ4n) is 9.00. The highest BCUT2D eigenvalue weighted by molar-refractivity contribution is 6.12. The summed E-state index contributed by atoms with van der Waals surface area (Å²) in [6.07, 6.45) is -17.4. The van der Waals surface area contributed by atoms with Crippen molar-refractivity contribution in [3.8, 4) is 50.8 Å². The Kier molecular flexibility index (Phi) is 9.99. The minimum Gasteiger partial charge on any atom is -0.309 e. The van der Waals surface area contributed by atoms with Crippen molar-refractivity contribution in [2.75, 3.05) is 0 Å². The lowest BCUT2D eigenvalue weighted by Gasteiger charge is -2.19. The Balaban J connectivity index is 1.26. The third-order valence-electron chi connectivity index (χ3n) is 12.0. The molecule has 338 valence electrons. The number of rotatable bonds is 5. The van der Waals surface area contributed by atoms with E-state index < -0.39 is 58.1 Å². The number of nitriles is 1. The number of pyridine rings is 1. The molecule has 0 unspecified atom stereocenters. The van der Waals surface area contributed by atoms with E-state index in [2.05, 4.69) is 11.1 Å². The molecule has 4 nitrogen and oxygen atoms in total. The first-order chi connectivity index (χ1) is 32.2. The van der Waals surface area contributed by atoms with Crippen molar-refractivity contribution in [3.05, 3.63) is 186 Å². The van der Waals surface area contributed by atoms with Crippen LogP contribution >= 0.6 is 0 Å². The normalized spacial score (nSPS) is 12.7. The van der Waals surface area contributed by atoms with Crippen LogP contribution in [0.1, 0.15) is 27.8 Å².